The molecule has 0 unspecified atom stereocenters. The van der Waals surface area contributed by atoms with Crippen LogP contribution in [-0.2, 0) is 19.0 Å². The molecule has 1 aliphatic carbocycles. The van der Waals surface area contributed by atoms with Crippen LogP contribution in [0.4, 0.5) is 0 Å². The van der Waals surface area contributed by atoms with E-state index in [0.717, 1.165) is 12.8 Å². The van der Waals surface area contributed by atoms with Gasteiger partial charge in [-0.1, -0.05) is 32.4 Å². The van der Waals surface area contributed by atoms with Crippen molar-refractivity contribution in [1.82, 2.24) is 0 Å². The molecule has 2 bridgehead atoms. The van der Waals surface area contributed by atoms with Crippen molar-refractivity contribution in [3.63, 3.8) is 0 Å². The number of halogens is 1. The number of benzene rings is 1. The first-order chi connectivity index (χ1) is 14.6. The lowest BCUT2D eigenvalue weighted by Crippen LogP contribution is -2.62. The van der Waals surface area contributed by atoms with Crippen molar-refractivity contribution in [1.29, 1.82) is 0 Å². The van der Waals surface area contributed by atoms with Gasteiger partial charge in [0, 0.05) is 17.4 Å². The molecule has 1 N–H and O–H groups in total. The van der Waals surface area contributed by atoms with E-state index in [1.807, 2.05) is 6.92 Å². The van der Waals surface area contributed by atoms with Crippen molar-refractivity contribution >= 4 is 23.5 Å². The maximum atomic E-state index is 13.1. The summed E-state index contributed by atoms with van der Waals surface area (Å²) < 4.78 is 18.7. The number of fused-ring (bicyclic) bond motifs is 4. The van der Waals surface area contributed by atoms with Gasteiger partial charge in [-0.25, -0.2) is 9.59 Å². The summed E-state index contributed by atoms with van der Waals surface area (Å²) in [6.45, 7) is 7.66. The van der Waals surface area contributed by atoms with E-state index in [9.17, 15) is 14.7 Å². The minimum atomic E-state index is -0.767. The van der Waals surface area contributed by atoms with E-state index in [0.29, 0.717) is 22.9 Å². The zero-order valence-corrected chi connectivity index (χ0v) is 19.2. The average molecular weight is 451 g/mol. The molecular weight excluding hydrogens is 420 g/mol. The SMILES string of the molecule is CC(C)[C@@]12C[C@@H](OC(=O)CO)[C@@](C)(O1)[C@@H]1CC[C@@H](C)[C@H]1[C@@H]2OC(=O)c1ccc(Cl)cc1. The topological polar surface area (TPSA) is 82.1 Å². The summed E-state index contributed by atoms with van der Waals surface area (Å²) in [6, 6.07) is 6.67. The lowest BCUT2D eigenvalue weighted by Gasteiger charge is -2.53. The second kappa shape index (κ2) is 8.05. The predicted octanol–water partition coefficient (Wildman–Crippen LogP) is 4.02. The number of ether oxygens (including phenoxy) is 3. The van der Waals surface area contributed by atoms with Gasteiger partial charge in [-0.3, -0.25) is 0 Å². The maximum Gasteiger partial charge on any atom is 0.338 e. The molecule has 7 heteroatoms. The minimum absolute atomic E-state index is 0.0291. The lowest BCUT2D eigenvalue weighted by molar-refractivity contribution is -0.259. The van der Waals surface area contributed by atoms with E-state index < -0.39 is 42.0 Å². The summed E-state index contributed by atoms with van der Waals surface area (Å²) in [5, 5.41) is 9.80. The number of hydrogen-bond acceptors (Lipinski definition) is 6. The first-order valence-electron chi connectivity index (χ1n) is 11.1. The summed E-state index contributed by atoms with van der Waals surface area (Å²) in [5.74, 6) is -0.476. The summed E-state index contributed by atoms with van der Waals surface area (Å²) in [4.78, 5) is 25.1. The van der Waals surface area contributed by atoms with E-state index in [-0.39, 0.29) is 17.8 Å². The van der Waals surface area contributed by atoms with Crippen molar-refractivity contribution in [2.45, 2.75) is 70.4 Å². The molecule has 1 saturated carbocycles. The predicted molar refractivity (Wildman–Crippen MR) is 115 cm³/mol. The molecule has 2 aliphatic heterocycles. The van der Waals surface area contributed by atoms with Crippen LogP contribution in [0, 0.1) is 23.7 Å². The van der Waals surface area contributed by atoms with Gasteiger partial charge in [0.2, 0.25) is 0 Å². The van der Waals surface area contributed by atoms with Gasteiger partial charge in [0.15, 0.2) is 0 Å². The fourth-order valence-corrected chi connectivity index (χ4v) is 6.34. The molecule has 1 aromatic carbocycles. The number of rotatable bonds is 5. The molecule has 0 radical (unpaired) electrons. The van der Waals surface area contributed by atoms with Gasteiger partial charge in [-0.15, -0.1) is 0 Å². The number of hydrogen-bond donors (Lipinski definition) is 1. The van der Waals surface area contributed by atoms with E-state index in [1.165, 1.54) is 0 Å². The average Bonchev–Trinajstić information content (AvgIpc) is 3.24. The molecule has 3 aliphatic rings. The minimum Gasteiger partial charge on any atom is -0.457 e. The summed E-state index contributed by atoms with van der Waals surface area (Å²) in [5.41, 5.74) is -0.995. The molecule has 2 saturated heterocycles. The van der Waals surface area contributed by atoms with E-state index >= 15 is 0 Å². The quantitative estimate of drug-likeness (QED) is 0.682. The van der Waals surface area contributed by atoms with Crippen molar-refractivity contribution in [3.8, 4) is 0 Å². The molecule has 0 spiro atoms. The first kappa shape index (κ1) is 22.6. The molecule has 0 amide bonds. The monoisotopic (exact) mass is 450 g/mol. The van der Waals surface area contributed by atoms with Crippen LogP contribution in [0.15, 0.2) is 24.3 Å². The zero-order chi connectivity index (χ0) is 22.6. The second-order valence-corrected chi connectivity index (χ2v) is 10.2. The number of esters is 2. The van der Waals surface area contributed by atoms with Crippen LogP contribution in [0.25, 0.3) is 0 Å². The lowest BCUT2D eigenvalue weighted by atomic mass is 9.69. The van der Waals surface area contributed by atoms with Crippen LogP contribution >= 0.6 is 11.6 Å². The third-order valence-electron chi connectivity index (χ3n) is 7.87. The summed E-state index contributed by atoms with van der Waals surface area (Å²) in [7, 11) is 0. The smallest absolute Gasteiger partial charge is 0.338 e. The molecule has 170 valence electrons. The van der Waals surface area contributed by atoms with Gasteiger partial charge >= 0.3 is 11.9 Å². The van der Waals surface area contributed by atoms with E-state index in [2.05, 4.69) is 20.8 Å². The zero-order valence-electron chi connectivity index (χ0n) is 18.5. The maximum absolute atomic E-state index is 13.1. The van der Waals surface area contributed by atoms with Crippen LogP contribution in [0.1, 0.15) is 57.3 Å². The largest absolute Gasteiger partial charge is 0.457 e. The standard InChI is InChI=1S/C24H31ClO6/c1-13(2)24-11-18(29-19(27)12-26)23(4,31-24)17-10-5-14(3)20(17)21(24)30-22(28)15-6-8-16(25)9-7-15/h6-9,13-14,17-18,20-21,26H,5,10-12H2,1-4H3/t14-,17-,18-,20-,21+,23+,24-/m1/s1. The number of carbonyl (C=O) groups excluding carboxylic acids is 2. The molecule has 31 heavy (non-hydrogen) atoms. The van der Waals surface area contributed by atoms with Crippen molar-refractivity contribution in [2.75, 3.05) is 6.61 Å². The van der Waals surface area contributed by atoms with Gasteiger partial charge in [0.1, 0.15) is 30.0 Å². The Balaban J connectivity index is 1.72. The van der Waals surface area contributed by atoms with Crippen LogP contribution in [0.3, 0.4) is 0 Å². The van der Waals surface area contributed by atoms with Crippen LogP contribution < -0.4 is 0 Å². The Morgan fingerprint density at radius 1 is 1.23 bits per heavy atom. The Labute approximate surface area is 188 Å². The molecule has 4 rings (SSSR count). The van der Waals surface area contributed by atoms with Crippen LogP contribution in [0.2, 0.25) is 5.02 Å². The van der Waals surface area contributed by atoms with Gasteiger partial charge in [0.25, 0.3) is 0 Å². The van der Waals surface area contributed by atoms with Crippen LogP contribution in [0.5, 0.6) is 0 Å². The van der Waals surface area contributed by atoms with Gasteiger partial charge in [-0.05, 0) is 61.8 Å². The molecule has 7 atom stereocenters. The number of carbonyl (C=O) groups is 2. The van der Waals surface area contributed by atoms with Gasteiger partial charge < -0.3 is 19.3 Å². The Kier molecular flexibility index (Phi) is 5.86. The van der Waals surface area contributed by atoms with Crippen molar-refractivity contribution < 1.29 is 28.9 Å². The fourth-order valence-electron chi connectivity index (χ4n) is 6.21. The third-order valence-corrected chi connectivity index (χ3v) is 8.12. The van der Waals surface area contributed by atoms with Crippen molar-refractivity contribution in [3.05, 3.63) is 34.9 Å². The Morgan fingerprint density at radius 2 is 1.90 bits per heavy atom. The van der Waals surface area contributed by atoms with E-state index in [4.69, 9.17) is 25.8 Å². The first-order valence-corrected chi connectivity index (χ1v) is 11.5. The fraction of sp³-hybridized carbons (Fsp3) is 0.667. The number of aliphatic hydroxyl groups is 1. The van der Waals surface area contributed by atoms with Crippen LogP contribution in [-0.4, -0.2) is 47.1 Å². The molecule has 3 fully saturated rings. The molecule has 6 nitrogen and oxygen atoms in total. The summed E-state index contributed by atoms with van der Waals surface area (Å²) in [6.07, 6.45) is 1.40. The second-order valence-electron chi connectivity index (χ2n) is 9.81. The highest BCUT2D eigenvalue weighted by molar-refractivity contribution is 6.30. The molecular formula is C24H31ClO6. The molecule has 1 aromatic rings. The highest BCUT2D eigenvalue weighted by Gasteiger charge is 2.72. The molecule has 2 heterocycles. The Morgan fingerprint density at radius 3 is 2.52 bits per heavy atom. The van der Waals surface area contributed by atoms with Gasteiger partial charge in [-0.2, -0.15) is 0 Å². The highest BCUT2D eigenvalue weighted by Crippen LogP contribution is 2.63. The summed E-state index contributed by atoms with van der Waals surface area (Å²) >= 11 is 5.97. The Hall–Kier alpha value is -1.63. The highest BCUT2D eigenvalue weighted by atomic mass is 35.5. The molecule has 0 aromatic heterocycles. The third kappa shape index (κ3) is 3.57. The van der Waals surface area contributed by atoms with Gasteiger partial charge in [0.05, 0.1) is 5.56 Å². The normalized spacial score (nSPS) is 38.7. The van der Waals surface area contributed by atoms with E-state index in [1.54, 1.807) is 24.3 Å². The Bertz CT molecular complexity index is 854. The number of aliphatic hydroxyl groups excluding tert-OH is 1. The van der Waals surface area contributed by atoms with Crippen molar-refractivity contribution in [2.24, 2.45) is 23.7 Å².